The molecule has 2 N–H and O–H groups in total. The average Bonchev–Trinajstić information content (AvgIpc) is 3.60. The molecule has 0 bridgehead atoms. The lowest BCUT2D eigenvalue weighted by Gasteiger charge is -2.10. The number of anilines is 1. The summed E-state index contributed by atoms with van der Waals surface area (Å²) >= 11 is 1.19. The molecule has 0 amide bonds. The summed E-state index contributed by atoms with van der Waals surface area (Å²) in [5, 5.41) is 1.36. The maximum atomic E-state index is 13.0. The fourth-order valence-corrected chi connectivity index (χ4v) is 4.93. The minimum absolute atomic E-state index is 0.139. The van der Waals surface area contributed by atoms with Crippen molar-refractivity contribution in [2.45, 2.75) is 39.2 Å². The second-order valence-corrected chi connectivity index (χ2v) is 8.94. The number of carbonyl (C=O) groups excluding carboxylic acids is 2. The lowest BCUT2D eigenvalue weighted by Crippen LogP contribution is -2.10. The smallest absolute Gasteiger partial charge is 0.348 e. The van der Waals surface area contributed by atoms with E-state index in [4.69, 9.17) is 20.2 Å². The second-order valence-electron chi connectivity index (χ2n) is 7.94. The van der Waals surface area contributed by atoms with E-state index in [2.05, 4.69) is 9.97 Å². The summed E-state index contributed by atoms with van der Waals surface area (Å²) in [6.07, 6.45) is 2.17. The number of nitrogen functional groups attached to an aromatic ring is 1. The van der Waals surface area contributed by atoms with Gasteiger partial charge < -0.3 is 15.2 Å². The van der Waals surface area contributed by atoms with Crippen LogP contribution in [-0.2, 0) is 16.1 Å². The third-order valence-corrected chi connectivity index (χ3v) is 6.77. The number of benzene rings is 1. The van der Waals surface area contributed by atoms with Crippen LogP contribution in [0.5, 0.6) is 0 Å². The maximum absolute atomic E-state index is 13.0. The van der Waals surface area contributed by atoms with Crippen LogP contribution in [0.15, 0.2) is 30.3 Å². The summed E-state index contributed by atoms with van der Waals surface area (Å²) in [7, 11) is 0. The topological polar surface area (TPSA) is 117 Å². The van der Waals surface area contributed by atoms with Crippen molar-refractivity contribution in [2.75, 3.05) is 12.3 Å². The van der Waals surface area contributed by atoms with Crippen molar-refractivity contribution in [3.63, 3.8) is 0 Å². The highest BCUT2D eigenvalue weighted by molar-refractivity contribution is 7.20. The van der Waals surface area contributed by atoms with Gasteiger partial charge >= 0.3 is 11.9 Å². The summed E-state index contributed by atoms with van der Waals surface area (Å²) < 4.78 is 10.7. The van der Waals surface area contributed by atoms with Gasteiger partial charge in [0.25, 0.3) is 0 Å². The molecule has 1 aliphatic carbocycles. The van der Waals surface area contributed by atoms with Crippen LogP contribution < -0.4 is 5.73 Å². The number of fused-ring (bicyclic) bond motifs is 2. The van der Waals surface area contributed by atoms with Crippen LogP contribution in [0, 0.1) is 6.92 Å². The first-order valence-electron chi connectivity index (χ1n) is 10.8. The van der Waals surface area contributed by atoms with E-state index in [0.717, 1.165) is 29.4 Å². The summed E-state index contributed by atoms with van der Waals surface area (Å²) in [4.78, 5) is 39.7. The molecule has 1 aliphatic rings. The summed E-state index contributed by atoms with van der Waals surface area (Å²) in [6.45, 7) is 3.68. The Morgan fingerprint density at radius 3 is 2.67 bits per heavy atom. The number of aromatic nitrogens is 3. The highest BCUT2D eigenvalue weighted by atomic mass is 32.1. The van der Waals surface area contributed by atoms with Gasteiger partial charge in [0, 0.05) is 17.0 Å². The highest BCUT2D eigenvalue weighted by Gasteiger charge is 2.27. The SMILES string of the molecule is CCOC(=O)c1sc2nc(COC(=O)c3cc(C4CC4)nc4ccccc34)nc(N)c2c1C. The van der Waals surface area contributed by atoms with E-state index in [1.54, 1.807) is 13.8 Å². The van der Waals surface area contributed by atoms with Gasteiger partial charge in [-0.2, -0.15) is 0 Å². The van der Waals surface area contributed by atoms with Crippen molar-refractivity contribution < 1.29 is 19.1 Å². The summed E-state index contributed by atoms with van der Waals surface area (Å²) in [5.41, 5.74) is 9.01. The van der Waals surface area contributed by atoms with Crippen molar-refractivity contribution >= 4 is 50.2 Å². The first kappa shape index (κ1) is 21.3. The summed E-state index contributed by atoms with van der Waals surface area (Å²) in [5.74, 6) is 0.0302. The number of pyridine rings is 1. The number of thiophene rings is 1. The standard InChI is InChI=1S/C24H22N4O4S/c1-3-31-24(30)20-12(2)19-21(25)27-18(28-22(19)33-20)11-32-23(29)15-10-17(13-8-9-13)26-16-7-5-4-6-14(15)16/h4-7,10,13H,3,8-9,11H2,1-2H3,(H2,25,27,28). The Bertz CT molecular complexity index is 1410. The molecule has 33 heavy (non-hydrogen) atoms. The minimum Gasteiger partial charge on any atom is -0.462 e. The predicted molar refractivity (Wildman–Crippen MR) is 125 cm³/mol. The molecule has 3 heterocycles. The Morgan fingerprint density at radius 1 is 1.12 bits per heavy atom. The first-order chi connectivity index (χ1) is 16.0. The van der Waals surface area contributed by atoms with Gasteiger partial charge in [0.2, 0.25) is 0 Å². The van der Waals surface area contributed by atoms with Gasteiger partial charge in [0.15, 0.2) is 12.4 Å². The normalized spacial score (nSPS) is 13.4. The molecule has 9 heteroatoms. The van der Waals surface area contributed by atoms with E-state index in [9.17, 15) is 9.59 Å². The van der Waals surface area contributed by atoms with Crippen molar-refractivity contribution in [3.8, 4) is 0 Å². The molecule has 0 radical (unpaired) electrons. The van der Waals surface area contributed by atoms with Gasteiger partial charge in [-0.25, -0.2) is 19.6 Å². The van der Waals surface area contributed by atoms with E-state index in [0.29, 0.717) is 32.1 Å². The lowest BCUT2D eigenvalue weighted by atomic mass is 10.1. The van der Waals surface area contributed by atoms with E-state index in [1.807, 2.05) is 30.3 Å². The molecule has 168 valence electrons. The van der Waals surface area contributed by atoms with Crippen molar-refractivity contribution in [1.29, 1.82) is 0 Å². The molecule has 8 nitrogen and oxygen atoms in total. The van der Waals surface area contributed by atoms with Crippen molar-refractivity contribution in [1.82, 2.24) is 15.0 Å². The monoisotopic (exact) mass is 462 g/mol. The number of nitrogens with zero attached hydrogens (tertiary/aromatic N) is 3. The van der Waals surface area contributed by atoms with Crippen LogP contribution in [0.25, 0.3) is 21.1 Å². The molecule has 0 aliphatic heterocycles. The molecule has 0 atom stereocenters. The molecular formula is C24H22N4O4S. The fraction of sp³-hybridized carbons (Fsp3) is 0.292. The Hall–Kier alpha value is -3.59. The molecule has 1 fully saturated rings. The minimum atomic E-state index is -0.465. The van der Waals surface area contributed by atoms with Gasteiger partial charge in [0.05, 0.1) is 23.1 Å². The quantitative estimate of drug-likeness (QED) is 0.415. The van der Waals surface area contributed by atoms with E-state index >= 15 is 0 Å². The average molecular weight is 463 g/mol. The number of nitrogens with two attached hydrogens (primary N) is 1. The molecule has 0 spiro atoms. The van der Waals surface area contributed by atoms with Gasteiger partial charge in [-0.3, -0.25) is 4.98 Å². The number of carbonyl (C=O) groups is 2. The van der Waals surface area contributed by atoms with E-state index in [-0.39, 0.29) is 24.9 Å². The predicted octanol–water partition coefficient (Wildman–Crippen LogP) is 4.54. The Kier molecular flexibility index (Phi) is 5.41. The zero-order valence-corrected chi connectivity index (χ0v) is 19.1. The molecule has 3 aromatic heterocycles. The number of hydrogen-bond acceptors (Lipinski definition) is 9. The van der Waals surface area contributed by atoms with Gasteiger partial charge in [-0.1, -0.05) is 18.2 Å². The number of ether oxygens (including phenoxy) is 2. The number of hydrogen-bond donors (Lipinski definition) is 1. The molecule has 0 saturated heterocycles. The van der Waals surface area contributed by atoms with Crippen molar-refractivity contribution in [2.24, 2.45) is 0 Å². The fourth-order valence-electron chi connectivity index (χ4n) is 3.83. The van der Waals surface area contributed by atoms with E-state index < -0.39 is 11.9 Å². The molecule has 4 aromatic rings. The van der Waals surface area contributed by atoms with Gasteiger partial charge in [0.1, 0.15) is 15.5 Å². The largest absolute Gasteiger partial charge is 0.462 e. The van der Waals surface area contributed by atoms with Crippen LogP contribution in [0.4, 0.5) is 5.82 Å². The van der Waals surface area contributed by atoms with Gasteiger partial charge in [-0.05, 0) is 44.4 Å². The van der Waals surface area contributed by atoms with Crippen LogP contribution in [-0.4, -0.2) is 33.5 Å². The van der Waals surface area contributed by atoms with Crippen molar-refractivity contribution in [3.05, 3.63) is 57.9 Å². The molecule has 1 aromatic carbocycles. The highest BCUT2D eigenvalue weighted by Crippen LogP contribution is 2.40. The molecule has 0 unspecified atom stereocenters. The lowest BCUT2D eigenvalue weighted by molar-refractivity contribution is 0.0463. The second kappa shape index (κ2) is 8.40. The van der Waals surface area contributed by atoms with Crippen LogP contribution in [0.1, 0.15) is 62.8 Å². The van der Waals surface area contributed by atoms with Crippen LogP contribution in [0.3, 0.4) is 0 Å². The number of aryl methyl sites for hydroxylation is 1. The molecule has 5 rings (SSSR count). The van der Waals surface area contributed by atoms with E-state index in [1.165, 1.54) is 11.3 Å². The third-order valence-electron chi connectivity index (χ3n) is 5.61. The number of esters is 2. The number of rotatable bonds is 6. The van der Waals surface area contributed by atoms with Gasteiger partial charge in [-0.15, -0.1) is 11.3 Å². The number of para-hydroxylation sites is 1. The first-order valence-corrected chi connectivity index (χ1v) is 11.6. The Morgan fingerprint density at radius 2 is 1.91 bits per heavy atom. The third kappa shape index (κ3) is 4.00. The maximum Gasteiger partial charge on any atom is 0.348 e. The zero-order chi connectivity index (χ0) is 23.1. The molecular weight excluding hydrogens is 440 g/mol. The Balaban J connectivity index is 1.42. The zero-order valence-electron chi connectivity index (χ0n) is 18.3. The van der Waals surface area contributed by atoms with Crippen LogP contribution >= 0.6 is 11.3 Å². The Labute approximate surface area is 193 Å². The van der Waals surface area contributed by atoms with Crippen LogP contribution in [0.2, 0.25) is 0 Å². The summed E-state index contributed by atoms with van der Waals surface area (Å²) in [6, 6.07) is 9.36. The molecule has 1 saturated carbocycles.